The van der Waals surface area contributed by atoms with Gasteiger partial charge < -0.3 is 4.98 Å². The number of ketones is 1. The molecule has 15 heavy (non-hydrogen) atoms. The van der Waals surface area contributed by atoms with Crippen LogP contribution in [0.1, 0.15) is 31.5 Å². The average molecular weight is 220 g/mol. The third-order valence-corrected chi connectivity index (χ3v) is 2.72. The van der Waals surface area contributed by atoms with Gasteiger partial charge in [-0.3, -0.25) is 9.59 Å². The minimum absolute atomic E-state index is 0.163. The number of nitrogens with zero attached hydrogens (tertiary/aromatic N) is 1. The standard InChI is InChI=1S/C10H8N2O2S/c1-6-12-9(5-15-6)10(14)7-2-8(4-13)11-3-7/h2-5,11H,1H3. The first-order chi connectivity index (χ1) is 7.20. The Kier molecular flexibility index (Phi) is 2.47. The van der Waals surface area contributed by atoms with Crippen molar-refractivity contribution in [1.82, 2.24) is 9.97 Å². The number of nitrogens with one attached hydrogen (secondary N) is 1. The highest BCUT2D eigenvalue weighted by Gasteiger charge is 2.13. The number of aromatic nitrogens is 2. The van der Waals surface area contributed by atoms with Gasteiger partial charge in [-0.1, -0.05) is 0 Å². The predicted octanol–water partition coefficient (Wildman–Crippen LogP) is 1.82. The van der Waals surface area contributed by atoms with Crippen molar-refractivity contribution >= 4 is 23.4 Å². The van der Waals surface area contributed by atoms with Gasteiger partial charge in [0.1, 0.15) is 5.69 Å². The van der Waals surface area contributed by atoms with Crippen molar-refractivity contribution < 1.29 is 9.59 Å². The number of hydrogen-bond donors (Lipinski definition) is 1. The Labute approximate surface area is 90.0 Å². The minimum atomic E-state index is -0.163. The van der Waals surface area contributed by atoms with E-state index in [0.717, 1.165) is 5.01 Å². The van der Waals surface area contributed by atoms with E-state index in [9.17, 15) is 9.59 Å². The van der Waals surface area contributed by atoms with E-state index in [2.05, 4.69) is 9.97 Å². The third kappa shape index (κ3) is 1.87. The number of thiazole rings is 1. The van der Waals surface area contributed by atoms with E-state index in [-0.39, 0.29) is 5.78 Å². The zero-order valence-electron chi connectivity index (χ0n) is 7.98. The maximum absolute atomic E-state index is 11.8. The first kappa shape index (κ1) is 9.79. The van der Waals surface area contributed by atoms with Gasteiger partial charge in [0.2, 0.25) is 5.78 Å². The third-order valence-electron chi connectivity index (χ3n) is 1.95. The zero-order chi connectivity index (χ0) is 10.8. The zero-order valence-corrected chi connectivity index (χ0v) is 8.80. The molecule has 0 saturated carbocycles. The number of carbonyl (C=O) groups is 2. The van der Waals surface area contributed by atoms with Crippen molar-refractivity contribution in [2.45, 2.75) is 6.92 Å². The van der Waals surface area contributed by atoms with E-state index in [1.54, 1.807) is 5.38 Å². The lowest BCUT2D eigenvalue weighted by Gasteiger charge is -1.90. The Hall–Kier alpha value is -1.75. The van der Waals surface area contributed by atoms with Crippen molar-refractivity contribution in [2.75, 3.05) is 0 Å². The lowest BCUT2D eigenvalue weighted by molar-refractivity contribution is 0.103. The smallest absolute Gasteiger partial charge is 0.213 e. The summed E-state index contributed by atoms with van der Waals surface area (Å²) in [5.74, 6) is -0.163. The fourth-order valence-corrected chi connectivity index (χ4v) is 1.82. The summed E-state index contributed by atoms with van der Waals surface area (Å²) in [5, 5.41) is 2.56. The van der Waals surface area contributed by atoms with E-state index in [1.807, 2.05) is 6.92 Å². The van der Waals surface area contributed by atoms with Gasteiger partial charge in [-0.2, -0.15) is 0 Å². The Bertz CT molecular complexity index is 513. The summed E-state index contributed by atoms with van der Waals surface area (Å²) < 4.78 is 0. The van der Waals surface area contributed by atoms with E-state index < -0.39 is 0 Å². The van der Waals surface area contributed by atoms with Crippen LogP contribution in [0.25, 0.3) is 0 Å². The number of aldehydes is 1. The first-order valence-electron chi connectivity index (χ1n) is 4.31. The second-order valence-electron chi connectivity index (χ2n) is 3.04. The van der Waals surface area contributed by atoms with Crippen LogP contribution in [0.4, 0.5) is 0 Å². The van der Waals surface area contributed by atoms with Gasteiger partial charge in [-0.05, 0) is 13.0 Å². The molecule has 2 heterocycles. The molecular weight excluding hydrogens is 212 g/mol. The molecule has 0 atom stereocenters. The molecule has 1 N–H and O–H groups in total. The van der Waals surface area contributed by atoms with Crippen LogP contribution in [0.3, 0.4) is 0 Å². The number of aromatic amines is 1. The lowest BCUT2D eigenvalue weighted by atomic mass is 10.2. The monoisotopic (exact) mass is 220 g/mol. The summed E-state index contributed by atoms with van der Waals surface area (Å²) in [4.78, 5) is 29.0. The van der Waals surface area contributed by atoms with Gasteiger partial charge in [0.15, 0.2) is 6.29 Å². The molecule has 0 bridgehead atoms. The molecule has 0 fully saturated rings. The van der Waals surface area contributed by atoms with Gasteiger partial charge in [0, 0.05) is 17.1 Å². The Morgan fingerprint density at radius 2 is 2.40 bits per heavy atom. The van der Waals surface area contributed by atoms with Crippen LogP contribution in [0.2, 0.25) is 0 Å². The summed E-state index contributed by atoms with van der Waals surface area (Å²) in [6.45, 7) is 1.84. The molecule has 2 aromatic heterocycles. The number of hydrogen-bond acceptors (Lipinski definition) is 4. The first-order valence-corrected chi connectivity index (χ1v) is 5.19. The summed E-state index contributed by atoms with van der Waals surface area (Å²) in [7, 11) is 0. The van der Waals surface area contributed by atoms with Crippen LogP contribution in [0.15, 0.2) is 17.6 Å². The van der Waals surface area contributed by atoms with Crippen molar-refractivity contribution in [3.05, 3.63) is 39.6 Å². The minimum Gasteiger partial charge on any atom is -0.358 e. The molecule has 0 aromatic carbocycles. The molecule has 0 amide bonds. The normalized spacial score (nSPS) is 10.2. The van der Waals surface area contributed by atoms with Crippen molar-refractivity contribution in [2.24, 2.45) is 0 Å². The summed E-state index contributed by atoms with van der Waals surface area (Å²) in [5.41, 5.74) is 1.28. The van der Waals surface area contributed by atoms with Crippen molar-refractivity contribution in [1.29, 1.82) is 0 Å². The maximum Gasteiger partial charge on any atom is 0.213 e. The van der Waals surface area contributed by atoms with E-state index in [4.69, 9.17) is 0 Å². The quantitative estimate of drug-likeness (QED) is 0.634. The van der Waals surface area contributed by atoms with Crippen LogP contribution in [0, 0.1) is 6.92 Å². The molecule has 2 rings (SSSR count). The fourth-order valence-electron chi connectivity index (χ4n) is 1.23. The van der Waals surface area contributed by atoms with Gasteiger partial charge in [-0.25, -0.2) is 4.98 Å². The number of rotatable bonds is 3. The molecule has 0 aliphatic rings. The number of H-pyrrole nitrogens is 1. The van der Waals surface area contributed by atoms with Gasteiger partial charge in [0.05, 0.1) is 10.7 Å². The average Bonchev–Trinajstić information content (AvgIpc) is 2.84. The van der Waals surface area contributed by atoms with Crippen molar-refractivity contribution in [3.8, 4) is 0 Å². The molecule has 2 aromatic rings. The Balaban J connectivity index is 2.31. The van der Waals surface area contributed by atoms with Gasteiger partial charge in [0.25, 0.3) is 0 Å². The van der Waals surface area contributed by atoms with Crippen LogP contribution in [0.5, 0.6) is 0 Å². The highest BCUT2D eigenvalue weighted by Crippen LogP contribution is 2.13. The summed E-state index contributed by atoms with van der Waals surface area (Å²) in [6, 6.07) is 1.52. The van der Waals surface area contributed by atoms with Crippen LogP contribution in [-0.2, 0) is 0 Å². The van der Waals surface area contributed by atoms with Crippen LogP contribution < -0.4 is 0 Å². The summed E-state index contributed by atoms with van der Waals surface area (Å²) >= 11 is 1.43. The van der Waals surface area contributed by atoms with Crippen LogP contribution in [-0.4, -0.2) is 22.0 Å². The van der Waals surface area contributed by atoms with Gasteiger partial charge in [-0.15, -0.1) is 11.3 Å². The van der Waals surface area contributed by atoms with Crippen LogP contribution >= 0.6 is 11.3 Å². The van der Waals surface area contributed by atoms with E-state index >= 15 is 0 Å². The van der Waals surface area contributed by atoms with E-state index in [1.165, 1.54) is 23.6 Å². The molecule has 0 aliphatic heterocycles. The molecule has 0 saturated heterocycles. The second kappa shape index (κ2) is 3.78. The fraction of sp³-hybridized carbons (Fsp3) is 0.100. The largest absolute Gasteiger partial charge is 0.358 e. The molecule has 0 spiro atoms. The molecule has 5 heteroatoms. The molecule has 0 aliphatic carbocycles. The Morgan fingerprint density at radius 1 is 1.60 bits per heavy atom. The SMILES string of the molecule is Cc1nc(C(=O)c2c[nH]c(C=O)c2)cs1. The topological polar surface area (TPSA) is 62.8 Å². The van der Waals surface area contributed by atoms with E-state index in [0.29, 0.717) is 23.2 Å². The second-order valence-corrected chi connectivity index (χ2v) is 4.10. The summed E-state index contributed by atoms with van der Waals surface area (Å²) in [6.07, 6.45) is 2.18. The molecule has 76 valence electrons. The number of carbonyl (C=O) groups excluding carboxylic acids is 2. The molecular formula is C10H8N2O2S. The van der Waals surface area contributed by atoms with Crippen molar-refractivity contribution in [3.63, 3.8) is 0 Å². The predicted molar refractivity (Wildman–Crippen MR) is 56.5 cm³/mol. The highest BCUT2D eigenvalue weighted by molar-refractivity contribution is 7.09. The molecule has 4 nitrogen and oxygen atoms in total. The highest BCUT2D eigenvalue weighted by atomic mass is 32.1. The maximum atomic E-state index is 11.8. The lowest BCUT2D eigenvalue weighted by Crippen LogP contribution is -1.99. The number of aryl methyl sites for hydroxylation is 1. The molecule has 0 unspecified atom stereocenters. The van der Waals surface area contributed by atoms with Gasteiger partial charge >= 0.3 is 0 Å². The Morgan fingerprint density at radius 3 is 2.93 bits per heavy atom. The molecule has 0 radical (unpaired) electrons.